The van der Waals surface area contributed by atoms with E-state index in [-0.39, 0.29) is 11.9 Å². The van der Waals surface area contributed by atoms with Gasteiger partial charge in [0.25, 0.3) is 6.43 Å². The van der Waals surface area contributed by atoms with Crippen molar-refractivity contribution in [2.24, 2.45) is 0 Å². The Morgan fingerprint density at radius 3 is 2.55 bits per heavy atom. The van der Waals surface area contributed by atoms with Crippen LogP contribution in [0.3, 0.4) is 0 Å². The van der Waals surface area contributed by atoms with E-state index in [9.17, 15) is 8.78 Å². The lowest BCUT2D eigenvalue weighted by Gasteiger charge is -2.04. The van der Waals surface area contributed by atoms with Crippen LogP contribution in [0.2, 0.25) is 0 Å². The predicted molar refractivity (Wildman–Crippen MR) is 43.4 cm³/mol. The van der Waals surface area contributed by atoms with Crippen LogP contribution < -0.4 is 5.32 Å². The molecule has 0 spiro atoms. The maximum Gasteiger partial charge on any atom is 0.250 e. The summed E-state index contributed by atoms with van der Waals surface area (Å²) in [6.45, 7) is 2.31. The number of rotatable bonds is 6. The maximum atomic E-state index is 11.5. The third-order valence-corrected chi connectivity index (χ3v) is 1.47. The van der Waals surface area contributed by atoms with Gasteiger partial charge in [0.1, 0.15) is 0 Å². The number of hydrogen-bond acceptors (Lipinski definition) is 1. The van der Waals surface area contributed by atoms with Gasteiger partial charge in [0.15, 0.2) is 0 Å². The highest BCUT2D eigenvalue weighted by Gasteiger charge is 2.00. The maximum absolute atomic E-state index is 11.5. The Morgan fingerprint density at radius 1 is 1.45 bits per heavy atom. The number of halogens is 3. The molecular weight excluding hydrogens is 172 g/mol. The smallest absolute Gasteiger partial charge is 0.250 e. The van der Waals surface area contributed by atoms with Gasteiger partial charge in [-0.15, -0.1) is 11.6 Å². The molecule has 0 amide bonds. The molecule has 1 N–H and O–H groups in total. The zero-order chi connectivity index (χ0) is 8.69. The van der Waals surface area contributed by atoms with Gasteiger partial charge in [-0.05, 0) is 26.3 Å². The van der Waals surface area contributed by atoms with Crippen LogP contribution in [0.5, 0.6) is 0 Å². The molecule has 0 aromatic heterocycles. The zero-order valence-corrected chi connectivity index (χ0v) is 7.37. The second-order valence-corrected chi connectivity index (χ2v) is 3.26. The molecule has 11 heavy (non-hydrogen) atoms. The fourth-order valence-corrected chi connectivity index (χ4v) is 0.874. The first-order valence-electron chi connectivity index (χ1n) is 3.76. The summed E-state index contributed by atoms with van der Waals surface area (Å²) in [4.78, 5) is 0. The van der Waals surface area contributed by atoms with Crippen molar-refractivity contribution in [1.29, 1.82) is 0 Å². The molecule has 0 heterocycles. The van der Waals surface area contributed by atoms with Crippen molar-refractivity contribution in [3.8, 4) is 0 Å². The minimum Gasteiger partial charge on any atom is -0.311 e. The zero-order valence-electron chi connectivity index (χ0n) is 6.62. The van der Waals surface area contributed by atoms with Gasteiger partial charge in [0, 0.05) is 5.38 Å². The molecule has 0 aliphatic carbocycles. The third kappa shape index (κ3) is 10.1. The summed E-state index contributed by atoms with van der Waals surface area (Å²) in [5.41, 5.74) is 0. The Bertz CT molecular complexity index is 78.5. The molecule has 4 heteroatoms. The normalized spacial score (nSPS) is 13.9. The Morgan fingerprint density at radius 2 is 2.09 bits per heavy atom. The van der Waals surface area contributed by atoms with Crippen LogP contribution in [0.1, 0.15) is 19.8 Å². The van der Waals surface area contributed by atoms with Gasteiger partial charge in [0.05, 0.1) is 6.54 Å². The molecule has 1 atom stereocenters. The Balaban J connectivity index is 2.91. The van der Waals surface area contributed by atoms with Crippen LogP contribution >= 0.6 is 11.6 Å². The number of hydrogen-bond donors (Lipinski definition) is 1. The highest BCUT2D eigenvalue weighted by Crippen LogP contribution is 2.02. The molecule has 0 radical (unpaired) electrons. The quantitative estimate of drug-likeness (QED) is 0.495. The van der Waals surface area contributed by atoms with Crippen molar-refractivity contribution in [3.63, 3.8) is 0 Å². The van der Waals surface area contributed by atoms with E-state index in [0.29, 0.717) is 6.54 Å². The van der Waals surface area contributed by atoms with Crippen molar-refractivity contribution in [2.75, 3.05) is 13.1 Å². The molecule has 1 nitrogen and oxygen atoms in total. The molecule has 0 aliphatic rings. The van der Waals surface area contributed by atoms with Crippen molar-refractivity contribution in [2.45, 2.75) is 31.6 Å². The van der Waals surface area contributed by atoms with Crippen molar-refractivity contribution >= 4 is 11.6 Å². The topological polar surface area (TPSA) is 12.0 Å². The minimum absolute atomic E-state index is 0.142. The fourth-order valence-electron chi connectivity index (χ4n) is 0.720. The van der Waals surface area contributed by atoms with Crippen LogP contribution in [0.25, 0.3) is 0 Å². The van der Waals surface area contributed by atoms with E-state index in [1.165, 1.54) is 0 Å². The predicted octanol–water partition coefficient (Wildman–Crippen LogP) is 2.25. The average Bonchev–Trinajstić information content (AvgIpc) is 1.85. The third-order valence-electron chi connectivity index (χ3n) is 1.25. The molecule has 68 valence electrons. The van der Waals surface area contributed by atoms with Crippen LogP contribution in [0.4, 0.5) is 8.78 Å². The van der Waals surface area contributed by atoms with Crippen LogP contribution in [-0.4, -0.2) is 24.9 Å². The van der Waals surface area contributed by atoms with Crippen LogP contribution in [0.15, 0.2) is 0 Å². The van der Waals surface area contributed by atoms with E-state index < -0.39 is 6.43 Å². The molecular formula is C7H14ClF2N. The second-order valence-electron chi connectivity index (χ2n) is 2.52. The molecule has 0 aromatic rings. The summed E-state index contributed by atoms with van der Waals surface area (Å²) in [5.74, 6) is 0. The van der Waals surface area contributed by atoms with E-state index in [4.69, 9.17) is 11.6 Å². The van der Waals surface area contributed by atoms with E-state index in [0.717, 1.165) is 12.8 Å². The van der Waals surface area contributed by atoms with Gasteiger partial charge in [0.2, 0.25) is 0 Å². The Labute approximate surface area is 71.1 Å². The van der Waals surface area contributed by atoms with E-state index >= 15 is 0 Å². The Kier molecular flexibility index (Phi) is 6.87. The summed E-state index contributed by atoms with van der Waals surface area (Å²) in [6.07, 6.45) is -0.515. The van der Waals surface area contributed by atoms with Gasteiger partial charge in [-0.1, -0.05) is 0 Å². The lowest BCUT2D eigenvalue weighted by atomic mass is 10.2. The summed E-state index contributed by atoms with van der Waals surface area (Å²) in [6, 6.07) is 0. The first-order chi connectivity index (χ1) is 5.13. The van der Waals surface area contributed by atoms with Gasteiger partial charge >= 0.3 is 0 Å². The molecule has 0 fully saturated rings. The van der Waals surface area contributed by atoms with E-state index in [1.54, 1.807) is 0 Å². The molecule has 0 bridgehead atoms. The lowest BCUT2D eigenvalue weighted by Crippen LogP contribution is -2.22. The van der Waals surface area contributed by atoms with Crippen LogP contribution in [0, 0.1) is 0 Å². The SMILES string of the molecule is CC(Cl)CCCNCC(F)F. The van der Waals surface area contributed by atoms with Gasteiger partial charge in [-0.2, -0.15) is 0 Å². The molecule has 0 saturated heterocycles. The summed E-state index contributed by atoms with van der Waals surface area (Å²) < 4.78 is 23.1. The lowest BCUT2D eigenvalue weighted by molar-refractivity contribution is 0.146. The molecule has 0 aliphatic heterocycles. The van der Waals surface area contributed by atoms with Gasteiger partial charge in [-0.25, -0.2) is 8.78 Å². The van der Waals surface area contributed by atoms with Gasteiger partial charge in [-0.3, -0.25) is 0 Å². The monoisotopic (exact) mass is 185 g/mol. The largest absolute Gasteiger partial charge is 0.311 e. The molecule has 0 aromatic carbocycles. The van der Waals surface area contributed by atoms with E-state index in [2.05, 4.69) is 5.32 Å². The highest BCUT2D eigenvalue weighted by molar-refractivity contribution is 6.20. The Hall–Kier alpha value is 0.110. The summed E-state index contributed by atoms with van der Waals surface area (Å²) in [5, 5.41) is 2.77. The van der Waals surface area contributed by atoms with Crippen molar-refractivity contribution in [1.82, 2.24) is 5.32 Å². The van der Waals surface area contributed by atoms with Crippen molar-refractivity contribution < 1.29 is 8.78 Å². The summed E-state index contributed by atoms with van der Waals surface area (Å²) >= 11 is 5.64. The first-order valence-corrected chi connectivity index (χ1v) is 4.19. The average molecular weight is 186 g/mol. The highest BCUT2D eigenvalue weighted by atomic mass is 35.5. The fraction of sp³-hybridized carbons (Fsp3) is 1.00. The molecule has 1 unspecified atom stereocenters. The summed E-state index contributed by atoms with van der Waals surface area (Å²) in [7, 11) is 0. The molecule has 0 saturated carbocycles. The molecule has 0 rings (SSSR count). The number of alkyl halides is 3. The van der Waals surface area contributed by atoms with Gasteiger partial charge < -0.3 is 5.32 Å². The van der Waals surface area contributed by atoms with E-state index in [1.807, 2.05) is 6.92 Å². The minimum atomic E-state index is -2.25. The standard InChI is InChI=1S/C7H14ClF2N/c1-6(8)3-2-4-11-5-7(9)10/h6-7,11H,2-5H2,1H3. The number of nitrogens with one attached hydrogen (secondary N) is 1. The first kappa shape index (κ1) is 11.1. The second kappa shape index (κ2) is 6.80. The van der Waals surface area contributed by atoms with Crippen molar-refractivity contribution in [3.05, 3.63) is 0 Å². The van der Waals surface area contributed by atoms with Crippen LogP contribution in [-0.2, 0) is 0 Å².